The molecule has 1 aliphatic heterocycles. The standard InChI is InChI=1S/C15H28N6/c1-4-16-15(17-9-8-12(2)3)18-11-14-20-19-13-7-5-6-10-21(13)14/h12H,4-11H2,1-3H3,(H2,16,17,18). The van der Waals surface area contributed by atoms with Gasteiger partial charge in [-0.05, 0) is 32.1 Å². The average molecular weight is 292 g/mol. The highest BCUT2D eigenvalue weighted by Gasteiger charge is 2.15. The molecular formula is C15H28N6. The van der Waals surface area contributed by atoms with Gasteiger partial charge in [0.15, 0.2) is 11.8 Å². The van der Waals surface area contributed by atoms with Crippen LogP contribution in [0.5, 0.6) is 0 Å². The summed E-state index contributed by atoms with van der Waals surface area (Å²) in [4.78, 5) is 4.63. The molecule has 0 amide bonds. The van der Waals surface area contributed by atoms with Crippen LogP contribution in [0.15, 0.2) is 4.99 Å². The number of guanidine groups is 1. The van der Waals surface area contributed by atoms with E-state index < -0.39 is 0 Å². The maximum Gasteiger partial charge on any atom is 0.191 e. The van der Waals surface area contributed by atoms with Crippen molar-refractivity contribution >= 4 is 5.96 Å². The van der Waals surface area contributed by atoms with Crippen LogP contribution in [0.1, 0.15) is 51.7 Å². The van der Waals surface area contributed by atoms with E-state index in [1.54, 1.807) is 0 Å². The molecule has 2 rings (SSSR count). The van der Waals surface area contributed by atoms with Crippen molar-refractivity contribution in [3.05, 3.63) is 11.6 Å². The van der Waals surface area contributed by atoms with Gasteiger partial charge in [0.25, 0.3) is 0 Å². The highest BCUT2D eigenvalue weighted by molar-refractivity contribution is 5.79. The lowest BCUT2D eigenvalue weighted by Gasteiger charge is -2.15. The molecule has 0 saturated heterocycles. The molecule has 0 saturated carbocycles. The predicted molar refractivity (Wildman–Crippen MR) is 85.2 cm³/mol. The monoisotopic (exact) mass is 292 g/mol. The van der Waals surface area contributed by atoms with E-state index in [9.17, 15) is 0 Å². The second-order valence-corrected chi connectivity index (χ2v) is 5.95. The Morgan fingerprint density at radius 3 is 2.90 bits per heavy atom. The van der Waals surface area contributed by atoms with E-state index in [2.05, 4.69) is 51.2 Å². The first kappa shape index (κ1) is 15.8. The van der Waals surface area contributed by atoms with Gasteiger partial charge in [-0.25, -0.2) is 4.99 Å². The molecule has 0 spiro atoms. The summed E-state index contributed by atoms with van der Waals surface area (Å²) in [7, 11) is 0. The number of aliphatic imine (C=N–C) groups is 1. The van der Waals surface area contributed by atoms with Crippen LogP contribution >= 0.6 is 0 Å². The van der Waals surface area contributed by atoms with Gasteiger partial charge in [0, 0.05) is 26.1 Å². The molecule has 2 heterocycles. The van der Waals surface area contributed by atoms with Crippen molar-refractivity contribution < 1.29 is 0 Å². The Morgan fingerprint density at radius 2 is 2.14 bits per heavy atom. The van der Waals surface area contributed by atoms with Gasteiger partial charge in [-0.3, -0.25) is 0 Å². The SMILES string of the molecule is CCNC(=NCc1nnc2n1CCCC2)NCCC(C)C. The fraction of sp³-hybridized carbons (Fsp3) is 0.800. The summed E-state index contributed by atoms with van der Waals surface area (Å²) in [5.41, 5.74) is 0. The molecule has 0 unspecified atom stereocenters. The van der Waals surface area contributed by atoms with E-state index in [-0.39, 0.29) is 0 Å². The normalized spacial score (nSPS) is 15.1. The first-order valence-electron chi connectivity index (χ1n) is 8.13. The van der Waals surface area contributed by atoms with Crippen LogP contribution in [0.25, 0.3) is 0 Å². The molecule has 0 radical (unpaired) electrons. The lowest BCUT2D eigenvalue weighted by Crippen LogP contribution is -2.38. The van der Waals surface area contributed by atoms with E-state index in [0.29, 0.717) is 12.5 Å². The molecule has 1 aromatic heterocycles. The Bertz CT molecular complexity index is 463. The van der Waals surface area contributed by atoms with E-state index >= 15 is 0 Å². The van der Waals surface area contributed by atoms with Crippen molar-refractivity contribution in [2.24, 2.45) is 10.9 Å². The Balaban J connectivity index is 1.93. The van der Waals surface area contributed by atoms with E-state index in [0.717, 1.165) is 50.1 Å². The third kappa shape index (κ3) is 4.72. The number of nitrogens with one attached hydrogen (secondary N) is 2. The van der Waals surface area contributed by atoms with Crippen molar-refractivity contribution in [1.82, 2.24) is 25.4 Å². The molecule has 0 atom stereocenters. The molecule has 21 heavy (non-hydrogen) atoms. The van der Waals surface area contributed by atoms with Crippen LogP contribution in [0.4, 0.5) is 0 Å². The van der Waals surface area contributed by atoms with Crippen molar-refractivity contribution in [3.8, 4) is 0 Å². The minimum atomic E-state index is 0.587. The molecule has 2 N–H and O–H groups in total. The molecule has 6 heteroatoms. The Kier molecular flexibility index (Phi) is 6.02. The number of aromatic nitrogens is 3. The smallest absolute Gasteiger partial charge is 0.191 e. The molecule has 1 aromatic rings. The number of hydrogen-bond donors (Lipinski definition) is 2. The van der Waals surface area contributed by atoms with Crippen molar-refractivity contribution in [3.63, 3.8) is 0 Å². The summed E-state index contributed by atoms with van der Waals surface area (Å²) >= 11 is 0. The van der Waals surface area contributed by atoms with Crippen LogP contribution < -0.4 is 10.6 Å². The number of nitrogens with zero attached hydrogens (tertiary/aromatic N) is 4. The molecular weight excluding hydrogens is 264 g/mol. The summed E-state index contributed by atoms with van der Waals surface area (Å²) in [6.07, 6.45) is 4.63. The van der Waals surface area contributed by atoms with Crippen LogP contribution in [0.2, 0.25) is 0 Å². The van der Waals surface area contributed by atoms with Gasteiger partial charge in [0.1, 0.15) is 12.4 Å². The lowest BCUT2D eigenvalue weighted by atomic mass is 10.1. The largest absolute Gasteiger partial charge is 0.357 e. The summed E-state index contributed by atoms with van der Waals surface area (Å²) in [5.74, 6) is 3.66. The first-order chi connectivity index (χ1) is 10.2. The van der Waals surface area contributed by atoms with Gasteiger partial charge in [-0.15, -0.1) is 10.2 Å². The summed E-state index contributed by atoms with van der Waals surface area (Å²) in [6.45, 7) is 9.97. The van der Waals surface area contributed by atoms with Crippen LogP contribution in [0, 0.1) is 5.92 Å². The van der Waals surface area contributed by atoms with E-state index in [1.807, 2.05) is 0 Å². The van der Waals surface area contributed by atoms with Crippen LogP contribution in [-0.2, 0) is 19.5 Å². The zero-order valence-corrected chi connectivity index (χ0v) is 13.5. The Labute approximate surface area is 127 Å². The third-order valence-electron chi connectivity index (χ3n) is 3.67. The molecule has 6 nitrogen and oxygen atoms in total. The highest BCUT2D eigenvalue weighted by atomic mass is 15.3. The van der Waals surface area contributed by atoms with Gasteiger partial charge in [-0.1, -0.05) is 13.8 Å². The Morgan fingerprint density at radius 1 is 1.29 bits per heavy atom. The van der Waals surface area contributed by atoms with Crippen LogP contribution in [-0.4, -0.2) is 33.8 Å². The molecule has 0 fully saturated rings. The molecule has 0 bridgehead atoms. The van der Waals surface area contributed by atoms with Gasteiger partial charge < -0.3 is 15.2 Å². The highest BCUT2D eigenvalue weighted by Crippen LogP contribution is 2.14. The lowest BCUT2D eigenvalue weighted by molar-refractivity contribution is 0.508. The number of rotatable bonds is 6. The summed E-state index contributed by atoms with van der Waals surface area (Å²) in [5, 5.41) is 15.2. The predicted octanol–water partition coefficient (Wildman–Crippen LogP) is 1.72. The van der Waals surface area contributed by atoms with Gasteiger partial charge >= 0.3 is 0 Å². The second-order valence-electron chi connectivity index (χ2n) is 5.95. The van der Waals surface area contributed by atoms with E-state index in [1.165, 1.54) is 12.8 Å². The zero-order valence-electron chi connectivity index (χ0n) is 13.5. The van der Waals surface area contributed by atoms with Gasteiger partial charge in [0.05, 0.1) is 0 Å². The van der Waals surface area contributed by atoms with E-state index in [4.69, 9.17) is 0 Å². The maximum atomic E-state index is 4.63. The fourth-order valence-electron chi connectivity index (χ4n) is 2.46. The minimum absolute atomic E-state index is 0.587. The van der Waals surface area contributed by atoms with Gasteiger partial charge in [0.2, 0.25) is 0 Å². The zero-order chi connectivity index (χ0) is 15.1. The van der Waals surface area contributed by atoms with Crippen molar-refractivity contribution in [2.45, 2.75) is 59.5 Å². The van der Waals surface area contributed by atoms with Crippen molar-refractivity contribution in [1.29, 1.82) is 0 Å². The Hall–Kier alpha value is -1.59. The quantitative estimate of drug-likeness (QED) is 0.619. The number of hydrogen-bond acceptors (Lipinski definition) is 3. The molecule has 0 aliphatic carbocycles. The topological polar surface area (TPSA) is 67.1 Å². The first-order valence-corrected chi connectivity index (χ1v) is 8.13. The third-order valence-corrected chi connectivity index (χ3v) is 3.67. The second kappa shape index (κ2) is 8.00. The van der Waals surface area contributed by atoms with Gasteiger partial charge in [-0.2, -0.15) is 0 Å². The number of fused-ring (bicyclic) bond motifs is 1. The molecule has 118 valence electrons. The van der Waals surface area contributed by atoms with Crippen molar-refractivity contribution in [2.75, 3.05) is 13.1 Å². The minimum Gasteiger partial charge on any atom is -0.357 e. The maximum absolute atomic E-state index is 4.63. The van der Waals surface area contributed by atoms with Crippen LogP contribution in [0.3, 0.4) is 0 Å². The summed E-state index contributed by atoms with van der Waals surface area (Å²) < 4.78 is 2.23. The average Bonchev–Trinajstić information content (AvgIpc) is 2.88. The summed E-state index contributed by atoms with van der Waals surface area (Å²) in [6, 6.07) is 0. The molecule has 1 aliphatic rings. The number of aryl methyl sites for hydroxylation is 1. The fourth-order valence-corrected chi connectivity index (χ4v) is 2.46. The molecule has 0 aromatic carbocycles.